The molecular weight excluding hydrogens is 306 g/mol. The molecule has 1 aliphatic heterocycles. The van der Waals surface area contributed by atoms with Crippen molar-refractivity contribution < 1.29 is 14.7 Å². The lowest BCUT2D eigenvalue weighted by Crippen LogP contribution is -2.65. The van der Waals surface area contributed by atoms with E-state index in [4.69, 9.17) is 0 Å². The molecule has 3 amide bonds. The van der Waals surface area contributed by atoms with Gasteiger partial charge in [0, 0.05) is 31.6 Å². The van der Waals surface area contributed by atoms with Crippen molar-refractivity contribution >= 4 is 11.9 Å². The average molecular weight is 335 g/mol. The summed E-state index contributed by atoms with van der Waals surface area (Å²) in [5.74, 6) is 1.53. The number of urea groups is 1. The first-order chi connectivity index (χ1) is 11.4. The van der Waals surface area contributed by atoms with E-state index in [1.165, 1.54) is 0 Å². The summed E-state index contributed by atoms with van der Waals surface area (Å²) in [6.45, 7) is 3.05. The summed E-state index contributed by atoms with van der Waals surface area (Å²) in [6, 6.07) is 0.0906. The van der Waals surface area contributed by atoms with E-state index in [1.54, 1.807) is 6.92 Å². The lowest BCUT2D eigenvalue weighted by Gasteiger charge is -2.58. The van der Waals surface area contributed by atoms with Crippen molar-refractivity contribution in [1.82, 2.24) is 15.5 Å². The van der Waals surface area contributed by atoms with Crippen LogP contribution in [0, 0.1) is 17.8 Å². The maximum Gasteiger partial charge on any atom is 0.315 e. The average Bonchev–Trinajstić information content (AvgIpc) is 2.51. The van der Waals surface area contributed by atoms with Gasteiger partial charge >= 0.3 is 6.03 Å². The minimum atomic E-state index is -0.157. The smallest absolute Gasteiger partial charge is 0.315 e. The number of carbonyl (C=O) groups is 2. The number of rotatable bonds is 2. The monoisotopic (exact) mass is 335 g/mol. The number of hydrogen-bond acceptors (Lipinski definition) is 3. The van der Waals surface area contributed by atoms with Crippen LogP contribution in [0.25, 0.3) is 0 Å². The van der Waals surface area contributed by atoms with Gasteiger partial charge in [0.25, 0.3) is 0 Å². The highest BCUT2D eigenvalue weighted by Crippen LogP contribution is 2.55. The topological polar surface area (TPSA) is 81.7 Å². The molecule has 5 aliphatic rings. The molecule has 3 N–H and O–H groups in total. The first-order valence-corrected chi connectivity index (χ1v) is 9.46. The number of nitrogens with zero attached hydrogens (tertiary/aromatic N) is 1. The number of amides is 3. The molecule has 4 aliphatic carbocycles. The number of hydrogen-bond donors (Lipinski definition) is 3. The molecule has 5 fully saturated rings. The van der Waals surface area contributed by atoms with Crippen LogP contribution in [0.5, 0.6) is 0 Å². The van der Waals surface area contributed by atoms with Crippen molar-refractivity contribution in [3.8, 4) is 0 Å². The third kappa shape index (κ3) is 2.89. The second-order valence-corrected chi connectivity index (χ2v) is 8.62. The fourth-order valence-electron chi connectivity index (χ4n) is 5.95. The summed E-state index contributed by atoms with van der Waals surface area (Å²) in [7, 11) is 0. The fraction of sp³-hybridized carbons (Fsp3) is 0.889. The summed E-state index contributed by atoms with van der Waals surface area (Å²) >= 11 is 0. The van der Waals surface area contributed by atoms with Crippen LogP contribution in [0.1, 0.15) is 51.9 Å². The molecule has 2 atom stereocenters. The van der Waals surface area contributed by atoms with Gasteiger partial charge < -0.3 is 20.6 Å². The van der Waals surface area contributed by atoms with Gasteiger partial charge in [-0.25, -0.2) is 4.79 Å². The van der Waals surface area contributed by atoms with Gasteiger partial charge in [0.05, 0.1) is 6.10 Å². The molecule has 4 saturated carbocycles. The van der Waals surface area contributed by atoms with E-state index < -0.39 is 0 Å². The van der Waals surface area contributed by atoms with Crippen LogP contribution in [0.4, 0.5) is 4.79 Å². The van der Waals surface area contributed by atoms with Crippen molar-refractivity contribution in [1.29, 1.82) is 0 Å². The Morgan fingerprint density at radius 2 is 1.71 bits per heavy atom. The van der Waals surface area contributed by atoms with E-state index in [9.17, 15) is 14.7 Å². The second-order valence-electron chi connectivity index (χ2n) is 8.62. The lowest BCUT2D eigenvalue weighted by atomic mass is 9.52. The minimum Gasteiger partial charge on any atom is -0.393 e. The molecular formula is C18H29N3O3. The van der Waals surface area contributed by atoms with Gasteiger partial charge in [0.15, 0.2) is 0 Å². The first kappa shape index (κ1) is 16.2. The van der Waals surface area contributed by atoms with Gasteiger partial charge in [-0.05, 0) is 62.7 Å². The Kier molecular flexibility index (Phi) is 3.98. The maximum atomic E-state index is 12.5. The van der Waals surface area contributed by atoms with E-state index in [2.05, 4.69) is 10.6 Å². The molecule has 0 aromatic carbocycles. The van der Waals surface area contributed by atoms with E-state index in [-0.39, 0.29) is 29.6 Å². The van der Waals surface area contributed by atoms with Crippen LogP contribution >= 0.6 is 0 Å². The Hall–Kier alpha value is -1.30. The molecule has 1 heterocycles. The van der Waals surface area contributed by atoms with Crippen molar-refractivity contribution in [2.45, 2.75) is 69.6 Å². The predicted molar refractivity (Wildman–Crippen MR) is 89.2 cm³/mol. The molecule has 6 nitrogen and oxygen atoms in total. The molecule has 134 valence electrons. The number of piperidine rings is 1. The van der Waals surface area contributed by atoms with E-state index in [0.29, 0.717) is 17.8 Å². The molecule has 0 unspecified atom stereocenters. The fourth-order valence-corrected chi connectivity index (χ4v) is 5.95. The van der Waals surface area contributed by atoms with Crippen LogP contribution in [0.2, 0.25) is 0 Å². The Bertz CT molecular complexity index is 514. The van der Waals surface area contributed by atoms with Gasteiger partial charge in [-0.1, -0.05) is 0 Å². The molecule has 0 radical (unpaired) electrons. The third-order valence-corrected chi connectivity index (χ3v) is 6.88. The van der Waals surface area contributed by atoms with Crippen molar-refractivity contribution in [3.63, 3.8) is 0 Å². The second kappa shape index (κ2) is 5.90. The van der Waals surface area contributed by atoms with E-state index in [1.807, 2.05) is 4.90 Å². The number of aliphatic hydroxyl groups is 1. The van der Waals surface area contributed by atoms with Crippen molar-refractivity contribution in [2.24, 2.45) is 17.8 Å². The predicted octanol–water partition coefficient (Wildman–Crippen LogP) is 1.24. The van der Waals surface area contributed by atoms with Crippen molar-refractivity contribution in [3.05, 3.63) is 0 Å². The minimum absolute atomic E-state index is 0.0623. The number of aliphatic hydroxyl groups excluding tert-OH is 1. The quantitative estimate of drug-likeness (QED) is 0.710. The van der Waals surface area contributed by atoms with Gasteiger partial charge in [0.2, 0.25) is 5.91 Å². The SMILES string of the molecule is CC(=O)N1CCC(NC(=O)NC23CC4C[C@H](C2)C(O)[C@H](C4)C3)CC1. The number of likely N-dealkylation sites (tertiary alicyclic amines) is 1. The highest BCUT2D eigenvalue weighted by molar-refractivity contribution is 5.75. The Balaban J connectivity index is 1.32. The molecule has 6 heteroatoms. The van der Waals surface area contributed by atoms with Gasteiger partial charge in [-0.2, -0.15) is 0 Å². The normalized spacial score (nSPS) is 41.3. The Morgan fingerprint density at radius 3 is 2.29 bits per heavy atom. The number of carbonyl (C=O) groups excluding carboxylic acids is 2. The Morgan fingerprint density at radius 1 is 1.08 bits per heavy atom. The van der Waals surface area contributed by atoms with Crippen LogP contribution in [0.15, 0.2) is 0 Å². The molecule has 0 aromatic rings. The molecule has 0 spiro atoms. The van der Waals surface area contributed by atoms with Crippen LogP contribution in [0.3, 0.4) is 0 Å². The zero-order valence-corrected chi connectivity index (χ0v) is 14.5. The Labute approximate surface area is 143 Å². The summed E-state index contributed by atoms with van der Waals surface area (Å²) in [5, 5.41) is 16.7. The van der Waals surface area contributed by atoms with Crippen LogP contribution in [-0.4, -0.2) is 52.7 Å². The third-order valence-electron chi connectivity index (χ3n) is 6.88. The van der Waals surface area contributed by atoms with Crippen molar-refractivity contribution in [2.75, 3.05) is 13.1 Å². The summed E-state index contributed by atoms with van der Waals surface area (Å²) < 4.78 is 0. The zero-order chi connectivity index (χ0) is 16.9. The summed E-state index contributed by atoms with van der Waals surface area (Å²) in [4.78, 5) is 25.7. The lowest BCUT2D eigenvalue weighted by molar-refractivity contribution is -0.129. The summed E-state index contributed by atoms with van der Waals surface area (Å²) in [5.41, 5.74) is -0.0973. The largest absolute Gasteiger partial charge is 0.393 e. The van der Waals surface area contributed by atoms with Crippen LogP contribution in [-0.2, 0) is 4.79 Å². The van der Waals surface area contributed by atoms with E-state index >= 15 is 0 Å². The zero-order valence-electron chi connectivity index (χ0n) is 14.5. The number of nitrogens with one attached hydrogen (secondary N) is 2. The standard InChI is InChI=1S/C18H29N3O3/c1-11(22)21-4-2-15(3-5-21)19-17(24)20-18-8-12-6-13(9-18)16(23)14(7-12)10-18/h12-16,23H,2-10H2,1H3,(H2,19,20,24)/t12?,13-,14-,16?,18?/m1/s1. The highest BCUT2D eigenvalue weighted by Gasteiger charge is 2.55. The molecule has 0 aromatic heterocycles. The molecule has 1 saturated heterocycles. The first-order valence-electron chi connectivity index (χ1n) is 9.46. The molecule has 24 heavy (non-hydrogen) atoms. The van der Waals surface area contributed by atoms with Gasteiger partial charge in [-0.15, -0.1) is 0 Å². The van der Waals surface area contributed by atoms with Gasteiger partial charge in [-0.3, -0.25) is 4.79 Å². The summed E-state index contributed by atoms with van der Waals surface area (Å²) in [6.07, 6.45) is 6.69. The van der Waals surface area contributed by atoms with Gasteiger partial charge in [0.1, 0.15) is 0 Å². The van der Waals surface area contributed by atoms with Crippen LogP contribution < -0.4 is 10.6 Å². The highest BCUT2D eigenvalue weighted by atomic mass is 16.3. The maximum absolute atomic E-state index is 12.5. The molecule has 5 rings (SSSR count). The molecule has 4 bridgehead atoms. The van der Waals surface area contributed by atoms with E-state index in [0.717, 1.165) is 58.0 Å².